The molecule has 16 heavy (non-hydrogen) atoms. The van der Waals surface area contributed by atoms with E-state index in [0.717, 1.165) is 0 Å². The Hall–Kier alpha value is -1.21. The molecule has 0 bridgehead atoms. The number of carbonyl (C=O) groups excluding carboxylic acids is 1. The maximum Gasteiger partial charge on any atom is 0.407 e. The van der Waals surface area contributed by atoms with Crippen LogP contribution in [-0.4, -0.2) is 30.4 Å². The van der Waals surface area contributed by atoms with E-state index in [9.17, 15) is 4.79 Å². The number of amides is 1. The molecule has 1 amide bonds. The van der Waals surface area contributed by atoms with Crippen molar-refractivity contribution in [1.82, 2.24) is 5.32 Å². The van der Waals surface area contributed by atoms with Gasteiger partial charge >= 0.3 is 6.09 Å². The smallest absolute Gasteiger partial charge is 0.407 e. The van der Waals surface area contributed by atoms with Crippen LogP contribution in [0.2, 0.25) is 0 Å². The van der Waals surface area contributed by atoms with Crippen molar-refractivity contribution in [3.8, 4) is 12.3 Å². The van der Waals surface area contributed by atoms with Crippen molar-refractivity contribution in [2.24, 2.45) is 0 Å². The lowest BCUT2D eigenvalue weighted by molar-refractivity contribution is -0.0440. The summed E-state index contributed by atoms with van der Waals surface area (Å²) in [6, 6.07) is 0.0471. The first-order valence-electron chi connectivity index (χ1n) is 5.33. The summed E-state index contributed by atoms with van der Waals surface area (Å²) in [6.07, 6.45) is 6.23. The topological polar surface area (TPSA) is 47.6 Å². The lowest BCUT2D eigenvalue weighted by Crippen LogP contribution is -2.55. The normalized spacial score (nSPS) is 28.8. The van der Waals surface area contributed by atoms with Crippen molar-refractivity contribution in [2.75, 3.05) is 7.11 Å². The standard InChI is InChI=1S/C12H19NO3/c1-6-12(15-5)7-9(8-12)13-10(14)16-11(2,3)4/h1,9H,7-8H2,2-5H3,(H,13,14). The Kier molecular flexibility index (Phi) is 3.49. The lowest BCUT2D eigenvalue weighted by atomic mass is 9.76. The number of alkyl carbamates (subject to hydrolysis) is 1. The monoisotopic (exact) mass is 225 g/mol. The fourth-order valence-electron chi connectivity index (χ4n) is 1.66. The Balaban J connectivity index is 2.33. The summed E-state index contributed by atoms with van der Waals surface area (Å²) in [6.45, 7) is 5.48. The van der Waals surface area contributed by atoms with Crippen LogP contribution in [0.5, 0.6) is 0 Å². The molecule has 0 radical (unpaired) electrons. The molecule has 1 rings (SSSR count). The third-order valence-electron chi connectivity index (χ3n) is 2.53. The first-order valence-corrected chi connectivity index (χ1v) is 5.33. The predicted octanol–water partition coefficient (Wildman–Crippen LogP) is 1.69. The minimum atomic E-state index is -0.500. The molecule has 0 aliphatic heterocycles. The largest absolute Gasteiger partial charge is 0.444 e. The first-order chi connectivity index (χ1) is 7.30. The van der Waals surface area contributed by atoms with E-state index in [-0.39, 0.29) is 6.04 Å². The van der Waals surface area contributed by atoms with Gasteiger partial charge in [-0.25, -0.2) is 4.79 Å². The SMILES string of the molecule is C#CC1(OC)CC(NC(=O)OC(C)(C)C)C1. The molecule has 0 aromatic rings. The number of hydrogen-bond donors (Lipinski definition) is 1. The van der Waals surface area contributed by atoms with E-state index >= 15 is 0 Å². The highest BCUT2D eigenvalue weighted by atomic mass is 16.6. The van der Waals surface area contributed by atoms with Crippen molar-refractivity contribution in [1.29, 1.82) is 0 Å². The number of methoxy groups -OCH3 is 1. The zero-order valence-electron chi connectivity index (χ0n) is 10.3. The summed E-state index contributed by atoms with van der Waals surface area (Å²) in [4.78, 5) is 11.4. The molecular formula is C12H19NO3. The van der Waals surface area contributed by atoms with Gasteiger partial charge in [0.05, 0.1) is 0 Å². The molecule has 1 aliphatic carbocycles. The van der Waals surface area contributed by atoms with E-state index in [2.05, 4.69) is 11.2 Å². The summed E-state index contributed by atoms with van der Waals surface area (Å²) in [5.41, 5.74) is -0.974. The van der Waals surface area contributed by atoms with Gasteiger partial charge in [0.2, 0.25) is 0 Å². The first kappa shape index (κ1) is 12.9. The van der Waals surface area contributed by atoms with Crippen molar-refractivity contribution in [3.05, 3.63) is 0 Å². The van der Waals surface area contributed by atoms with Crippen LogP contribution in [0.25, 0.3) is 0 Å². The highest BCUT2D eigenvalue weighted by Gasteiger charge is 2.44. The van der Waals surface area contributed by atoms with Crippen LogP contribution in [0.15, 0.2) is 0 Å². The molecule has 0 saturated heterocycles. The Morgan fingerprint density at radius 2 is 2.06 bits per heavy atom. The number of hydrogen-bond acceptors (Lipinski definition) is 3. The number of carbonyl (C=O) groups is 1. The van der Waals surface area contributed by atoms with Crippen LogP contribution in [0, 0.1) is 12.3 Å². The van der Waals surface area contributed by atoms with Gasteiger partial charge in [-0.2, -0.15) is 0 Å². The zero-order valence-corrected chi connectivity index (χ0v) is 10.3. The molecule has 0 atom stereocenters. The van der Waals surface area contributed by atoms with Crippen LogP contribution in [0.1, 0.15) is 33.6 Å². The summed E-state index contributed by atoms with van der Waals surface area (Å²) in [5.74, 6) is 2.60. The molecule has 4 heteroatoms. The number of rotatable bonds is 2. The van der Waals surface area contributed by atoms with Crippen molar-refractivity contribution < 1.29 is 14.3 Å². The lowest BCUT2D eigenvalue weighted by Gasteiger charge is -2.42. The molecule has 1 aliphatic rings. The summed E-state index contributed by atoms with van der Waals surface area (Å²) >= 11 is 0. The maximum absolute atomic E-state index is 11.4. The second-order valence-corrected chi connectivity index (χ2v) is 5.09. The highest BCUT2D eigenvalue weighted by Crippen LogP contribution is 2.34. The number of terminal acetylenes is 1. The Morgan fingerprint density at radius 1 is 1.50 bits per heavy atom. The average Bonchev–Trinajstić information content (AvgIpc) is 2.07. The van der Waals surface area contributed by atoms with Gasteiger partial charge in [-0.15, -0.1) is 6.42 Å². The highest BCUT2D eigenvalue weighted by molar-refractivity contribution is 5.68. The van der Waals surface area contributed by atoms with Gasteiger partial charge in [0.15, 0.2) is 0 Å². The van der Waals surface area contributed by atoms with Crippen LogP contribution in [0.4, 0.5) is 4.79 Å². The average molecular weight is 225 g/mol. The minimum Gasteiger partial charge on any atom is -0.444 e. The predicted molar refractivity (Wildman–Crippen MR) is 61.0 cm³/mol. The van der Waals surface area contributed by atoms with Gasteiger partial charge in [-0.1, -0.05) is 5.92 Å². The maximum atomic E-state index is 11.4. The van der Waals surface area contributed by atoms with Gasteiger partial charge in [0, 0.05) is 26.0 Å². The molecule has 1 saturated carbocycles. The molecular weight excluding hydrogens is 206 g/mol. The molecule has 0 aromatic carbocycles. The van der Waals surface area contributed by atoms with Crippen molar-refractivity contribution in [2.45, 2.75) is 50.9 Å². The van der Waals surface area contributed by atoms with Gasteiger partial charge in [-0.3, -0.25) is 0 Å². The molecule has 0 unspecified atom stereocenters. The van der Waals surface area contributed by atoms with Crippen LogP contribution in [-0.2, 0) is 9.47 Å². The van der Waals surface area contributed by atoms with Gasteiger partial charge < -0.3 is 14.8 Å². The van der Waals surface area contributed by atoms with E-state index < -0.39 is 17.3 Å². The van der Waals surface area contributed by atoms with E-state index in [4.69, 9.17) is 15.9 Å². The third kappa shape index (κ3) is 3.14. The molecule has 0 spiro atoms. The summed E-state index contributed by atoms with van der Waals surface area (Å²) in [7, 11) is 1.59. The van der Waals surface area contributed by atoms with Crippen molar-refractivity contribution in [3.63, 3.8) is 0 Å². The van der Waals surface area contributed by atoms with E-state index in [1.807, 2.05) is 20.8 Å². The number of ether oxygens (including phenoxy) is 2. The molecule has 0 aromatic heterocycles. The van der Waals surface area contributed by atoms with E-state index in [1.54, 1.807) is 7.11 Å². The molecule has 90 valence electrons. The van der Waals surface area contributed by atoms with Gasteiger partial charge in [0.1, 0.15) is 11.2 Å². The molecule has 0 heterocycles. The minimum absolute atomic E-state index is 0.0471. The van der Waals surface area contributed by atoms with Crippen molar-refractivity contribution >= 4 is 6.09 Å². The number of nitrogens with one attached hydrogen (secondary N) is 1. The Bertz CT molecular complexity index is 305. The second kappa shape index (κ2) is 4.34. The third-order valence-corrected chi connectivity index (χ3v) is 2.53. The fourth-order valence-corrected chi connectivity index (χ4v) is 1.66. The Morgan fingerprint density at radius 3 is 2.44 bits per heavy atom. The Labute approximate surface area is 96.7 Å². The molecule has 4 nitrogen and oxygen atoms in total. The van der Waals surface area contributed by atoms with E-state index in [0.29, 0.717) is 12.8 Å². The van der Waals surface area contributed by atoms with Crippen LogP contribution in [0.3, 0.4) is 0 Å². The second-order valence-electron chi connectivity index (χ2n) is 5.09. The van der Waals surface area contributed by atoms with Gasteiger partial charge in [0.25, 0.3) is 0 Å². The summed E-state index contributed by atoms with van der Waals surface area (Å²) in [5, 5.41) is 2.76. The van der Waals surface area contributed by atoms with E-state index in [1.165, 1.54) is 0 Å². The quantitative estimate of drug-likeness (QED) is 0.727. The molecule has 1 fully saturated rings. The van der Waals surface area contributed by atoms with Crippen LogP contribution >= 0.6 is 0 Å². The molecule has 1 N–H and O–H groups in total. The van der Waals surface area contributed by atoms with Gasteiger partial charge in [-0.05, 0) is 20.8 Å². The zero-order chi connectivity index (χ0) is 12.4. The fraction of sp³-hybridized carbons (Fsp3) is 0.750. The summed E-state index contributed by atoms with van der Waals surface area (Å²) < 4.78 is 10.3. The van der Waals surface area contributed by atoms with Crippen LogP contribution < -0.4 is 5.32 Å².